The van der Waals surface area contributed by atoms with Crippen LogP contribution in [0, 0.1) is 0 Å². The van der Waals surface area contributed by atoms with Gasteiger partial charge in [0.2, 0.25) is 0 Å². The zero-order valence-corrected chi connectivity index (χ0v) is 17.4. The van der Waals surface area contributed by atoms with E-state index in [2.05, 4.69) is 59.5 Å². The first-order valence-corrected chi connectivity index (χ1v) is 9.34. The summed E-state index contributed by atoms with van der Waals surface area (Å²) in [6.45, 7) is 10.7. The van der Waals surface area contributed by atoms with Crippen molar-refractivity contribution >= 4 is 28.8 Å². The molecule has 0 spiro atoms. The molecule has 1 aromatic carbocycles. The third kappa shape index (κ3) is 6.26. The van der Waals surface area contributed by atoms with Gasteiger partial charge >= 0.3 is 0 Å². The second kappa shape index (κ2) is 13.2. The van der Waals surface area contributed by atoms with Crippen molar-refractivity contribution in [1.29, 1.82) is 0 Å². The number of fused-ring (bicyclic) bond motifs is 3. The molecule has 0 N–H and O–H groups in total. The molecule has 5 heteroatoms. The third-order valence-corrected chi connectivity index (χ3v) is 4.05. The summed E-state index contributed by atoms with van der Waals surface area (Å²) in [6, 6.07) is 7.77. The first-order chi connectivity index (χ1) is 14.6. The fraction of sp³-hybridized carbons (Fsp3) is 0.240. The van der Waals surface area contributed by atoms with Crippen molar-refractivity contribution in [3.05, 3.63) is 88.1 Å². The standard InChI is InChI=1S/C16H18N2O2.C8H4.CH2O/c1-3-4-5-10-13-17-14-15(20-13)11-8-6-7-9-12(11)18(2)16(14)19;1-3-5-7-8-6-4-2;1-2/h6-9H,3-5,10H2,1-2H3;1-2H2;1H2. The fourth-order valence-electron chi connectivity index (χ4n) is 2.70. The van der Waals surface area contributed by atoms with E-state index in [4.69, 9.17) is 9.21 Å². The van der Waals surface area contributed by atoms with Gasteiger partial charge in [-0.25, -0.2) is 4.98 Å². The Morgan fingerprint density at radius 3 is 2.27 bits per heavy atom. The van der Waals surface area contributed by atoms with Crippen molar-refractivity contribution < 1.29 is 9.21 Å². The highest BCUT2D eigenvalue weighted by Gasteiger charge is 2.14. The average Bonchev–Trinajstić information content (AvgIpc) is 3.22. The van der Waals surface area contributed by atoms with Gasteiger partial charge in [-0.15, -0.1) is 0 Å². The van der Waals surface area contributed by atoms with Gasteiger partial charge in [0.25, 0.3) is 5.56 Å². The Bertz CT molecular complexity index is 1250. The summed E-state index contributed by atoms with van der Waals surface area (Å²) >= 11 is 0. The van der Waals surface area contributed by atoms with E-state index in [1.165, 1.54) is 0 Å². The summed E-state index contributed by atoms with van der Waals surface area (Å²) in [4.78, 5) is 24.7. The van der Waals surface area contributed by atoms with Crippen LogP contribution >= 0.6 is 0 Å². The molecule has 3 rings (SSSR count). The predicted molar refractivity (Wildman–Crippen MR) is 119 cm³/mol. The Hall–Kier alpha value is -4.01. The van der Waals surface area contributed by atoms with Gasteiger partial charge in [-0.3, -0.25) is 4.79 Å². The lowest BCUT2D eigenvalue weighted by Crippen LogP contribution is -2.17. The molecule has 0 bridgehead atoms. The number of hydrogen-bond acceptors (Lipinski definition) is 4. The highest BCUT2D eigenvalue weighted by atomic mass is 16.3. The molecule has 0 aliphatic heterocycles. The number of oxazole rings is 1. The zero-order valence-electron chi connectivity index (χ0n) is 17.4. The van der Waals surface area contributed by atoms with Crippen LogP contribution in [0.3, 0.4) is 0 Å². The van der Waals surface area contributed by atoms with Crippen molar-refractivity contribution in [2.75, 3.05) is 0 Å². The summed E-state index contributed by atoms with van der Waals surface area (Å²) in [6.07, 6.45) is 4.14. The number of unbranched alkanes of at least 4 members (excludes halogenated alkanes) is 2. The smallest absolute Gasteiger partial charge is 0.280 e. The molecule has 5 nitrogen and oxygen atoms in total. The van der Waals surface area contributed by atoms with Gasteiger partial charge < -0.3 is 13.8 Å². The van der Waals surface area contributed by atoms with Gasteiger partial charge in [0, 0.05) is 18.9 Å². The number of benzene rings is 1. The number of aromatic nitrogens is 2. The Morgan fingerprint density at radius 1 is 1.03 bits per heavy atom. The van der Waals surface area contributed by atoms with Gasteiger partial charge in [0.1, 0.15) is 6.79 Å². The molecule has 2 heterocycles. The Kier molecular flexibility index (Phi) is 10.6. The lowest BCUT2D eigenvalue weighted by atomic mass is 10.2. The number of aryl methyl sites for hydroxylation is 2. The molecule has 3 aromatic rings. The van der Waals surface area contributed by atoms with E-state index >= 15 is 0 Å². The van der Waals surface area contributed by atoms with Crippen LogP contribution in [0.15, 0.2) is 81.0 Å². The molecule has 0 saturated carbocycles. The molecule has 0 aliphatic carbocycles. The lowest BCUT2D eigenvalue weighted by molar-refractivity contribution is -0.0979. The Morgan fingerprint density at radius 2 is 1.67 bits per heavy atom. The van der Waals surface area contributed by atoms with Crippen molar-refractivity contribution in [2.45, 2.75) is 32.6 Å². The van der Waals surface area contributed by atoms with E-state index in [1.807, 2.05) is 31.1 Å². The van der Waals surface area contributed by atoms with Gasteiger partial charge in [0.15, 0.2) is 17.0 Å². The largest absolute Gasteiger partial charge is 0.440 e. The monoisotopic (exact) mass is 400 g/mol. The predicted octanol–water partition coefficient (Wildman–Crippen LogP) is 4.96. The summed E-state index contributed by atoms with van der Waals surface area (Å²) in [5.41, 5.74) is 16.3. The number of hydrogen-bond donors (Lipinski definition) is 0. The molecule has 2 aromatic heterocycles. The minimum atomic E-state index is -0.0933. The number of nitrogens with zero attached hydrogens (tertiary/aromatic N) is 2. The number of para-hydroxylation sites is 1. The number of carbonyl (C=O) groups excluding carboxylic acids is 1. The van der Waals surface area contributed by atoms with Crippen LogP contribution in [-0.2, 0) is 18.3 Å². The van der Waals surface area contributed by atoms with Gasteiger partial charge in [-0.2, -0.15) is 0 Å². The molecule has 0 aliphatic rings. The van der Waals surface area contributed by atoms with Crippen LogP contribution in [-0.4, -0.2) is 16.3 Å². The molecule has 0 fully saturated rings. The lowest BCUT2D eigenvalue weighted by Gasteiger charge is -2.03. The SMILES string of the molecule is C=C=C=C=C=C=C=C.C=O.CCCCCc1nc2c(=O)n(C)c3ccccc3c2o1. The minimum absolute atomic E-state index is 0.0933. The van der Waals surface area contributed by atoms with E-state index in [0.717, 1.165) is 36.6 Å². The van der Waals surface area contributed by atoms with E-state index in [1.54, 1.807) is 11.6 Å². The maximum absolute atomic E-state index is 12.3. The zero-order chi connectivity index (χ0) is 22.4. The Balaban J connectivity index is 0.000000383. The van der Waals surface area contributed by atoms with Crippen molar-refractivity contribution in [2.24, 2.45) is 7.05 Å². The van der Waals surface area contributed by atoms with Crippen LogP contribution in [0.1, 0.15) is 32.1 Å². The fourth-order valence-corrected chi connectivity index (χ4v) is 2.70. The minimum Gasteiger partial charge on any atom is -0.440 e. The normalized spacial score (nSPS) is 8.73. The highest BCUT2D eigenvalue weighted by molar-refractivity contribution is 6.00. The molecular formula is C25H24N2O3. The average molecular weight is 400 g/mol. The quantitative estimate of drug-likeness (QED) is 0.459. The van der Waals surface area contributed by atoms with Crippen LogP contribution < -0.4 is 5.56 Å². The molecule has 0 unspecified atom stereocenters. The maximum atomic E-state index is 12.3. The Labute approximate surface area is 175 Å². The summed E-state index contributed by atoms with van der Waals surface area (Å²) in [5, 5.41) is 0.943. The van der Waals surface area contributed by atoms with Gasteiger partial charge in [-0.1, -0.05) is 43.4 Å². The topological polar surface area (TPSA) is 65.1 Å². The molecular weight excluding hydrogens is 376 g/mol. The van der Waals surface area contributed by atoms with Gasteiger partial charge in [0.05, 0.1) is 5.52 Å². The van der Waals surface area contributed by atoms with Gasteiger partial charge in [-0.05, 0) is 54.6 Å². The van der Waals surface area contributed by atoms with Crippen LogP contribution in [0.4, 0.5) is 0 Å². The first-order valence-electron chi connectivity index (χ1n) is 9.34. The first kappa shape index (κ1) is 24.0. The second-order valence-corrected chi connectivity index (χ2v) is 5.98. The number of rotatable bonds is 4. The number of pyridine rings is 1. The van der Waals surface area contributed by atoms with E-state index in [-0.39, 0.29) is 5.56 Å². The summed E-state index contributed by atoms with van der Waals surface area (Å²) < 4.78 is 7.47. The maximum Gasteiger partial charge on any atom is 0.280 e. The third-order valence-electron chi connectivity index (χ3n) is 4.05. The van der Waals surface area contributed by atoms with Crippen molar-refractivity contribution in [3.8, 4) is 0 Å². The van der Waals surface area contributed by atoms with E-state index in [0.29, 0.717) is 17.0 Å². The van der Waals surface area contributed by atoms with Crippen molar-refractivity contribution in [1.82, 2.24) is 9.55 Å². The molecule has 152 valence electrons. The molecule has 0 amide bonds. The second-order valence-electron chi connectivity index (χ2n) is 5.98. The number of carbonyl (C=O) groups is 1. The van der Waals surface area contributed by atoms with Crippen LogP contribution in [0.2, 0.25) is 0 Å². The van der Waals surface area contributed by atoms with Crippen LogP contribution in [0.25, 0.3) is 22.0 Å². The molecule has 0 atom stereocenters. The van der Waals surface area contributed by atoms with E-state index in [9.17, 15) is 4.79 Å². The highest BCUT2D eigenvalue weighted by Crippen LogP contribution is 2.23. The van der Waals surface area contributed by atoms with Crippen molar-refractivity contribution in [3.63, 3.8) is 0 Å². The summed E-state index contributed by atoms with van der Waals surface area (Å²) in [7, 11) is 1.77. The van der Waals surface area contributed by atoms with E-state index < -0.39 is 0 Å². The van der Waals surface area contributed by atoms with Crippen LogP contribution in [0.5, 0.6) is 0 Å². The summed E-state index contributed by atoms with van der Waals surface area (Å²) in [5.74, 6) is 0.668. The molecule has 0 radical (unpaired) electrons. The molecule has 0 saturated heterocycles. The molecule has 30 heavy (non-hydrogen) atoms.